The fourth-order valence-corrected chi connectivity index (χ4v) is 1.20. The van der Waals surface area contributed by atoms with Gasteiger partial charge in [-0.1, -0.05) is 0 Å². The summed E-state index contributed by atoms with van der Waals surface area (Å²) in [6.07, 6.45) is 1.40. The van der Waals surface area contributed by atoms with Gasteiger partial charge in [0.1, 0.15) is 12.0 Å². The quantitative estimate of drug-likeness (QED) is 0.589. The second-order valence-electron chi connectivity index (χ2n) is 3.18. The third-order valence-electron chi connectivity index (χ3n) is 1.88. The van der Waals surface area contributed by atoms with Gasteiger partial charge in [-0.15, -0.1) is 0 Å². The summed E-state index contributed by atoms with van der Waals surface area (Å²) in [4.78, 5) is 7.88. The van der Waals surface area contributed by atoms with Gasteiger partial charge in [0.15, 0.2) is 11.6 Å². The van der Waals surface area contributed by atoms with Crippen molar-refractivity contribution in [3.8, 4) is 0 Å². The Balaban J connectivity index is 3.10. The van der Waals surface area contributed by atoms with E-state index in [0.29, 0.717) is 17.3 Å². The largest absolute Gasteiger partial charge is 0.393 e. The van der Waals surface area contributed by atoms with E-state index in [2.05, 4.69) is 15.4 Å². The van der Waals surface area contributed by atoms with Crippen LogP contribution in [0, 0.1) is 0 Å². The first kappa shape index (κ1) is 10.5. The Kier molecular flexibility index (Phi) is 3.08. The topological polar surface area (TPSA) is 93.1 Å². The average molecular weight is 196 g/mol. The zero-order valence-corrected chi connectivity index (χ0v) is 8.65. The number of rotatable bonds is 3. The molecule has 1 aromatic rings. The van der Waals surface area contributed by atoms with Crippen LogP contribution in [-0.2, 0) is 0 Å². The van der Waals surface area contributed by atoms with Crippen molar-refractivity contribution < 1.29 is 0 Å². The number of nitrogen functional groups attached to an aromatic ring is 2. The fraction of sp³-hybridized carbons (Fsp3) is 0.500. The summed E-state index contributed by atoms with van der Waals surface area (Å²) in [5, 5.41) is 1.83. The van der Waals surface area contributed by atoms with Gasteiger partial charge in [-0.05, 0) is 13.8 Å². The maximum atomic E-state index is 5.77. The standard InChI is InChI=1S/C8H16N6/c1-5(2)14(11-3)8-6(9)7(10)12-4-13-8/h4-5,11H,9H2,1-3H3,(H2,10,12,13). The minimum absolute atomic E-state index is 0.233. The van der Waals surface area contributed by atoms with E-state index in [1.165, 1.54) is 6.33 Å². The molecule has 6 heteroatoms. The molecule has 0 saturated carbocycles. The first-order chi connectivity index (χ1) is 6.57. The molecule has 0 aromatic carbocycles. The number of hydrogen-bond donors (Lipinski definition) is 3. The lowest BCUT2D eigenvalue weighted by Gasteiger charge is -2.27. The van der Waals surface area contributed by atoms with Crippen molar-refractivity contribution in [1.29, 1.82) is 0 Å². The molecule has 0 spiro atoms. The molecular formula is C8H16N6. The lowest BCUT2D eigenvalue weighted by Crippen LogP contribution is -2.42. The van der Waals surface area contributed by atoms with Gasteiger partial charge < -0.3 is 11.5 Å². The molecule has 0 atom stereocenters. The molecule has 5 N–H and O–H groups in total. The molecule has 0 bridgehead atoms. The van der Waals surface area contributed by atoms with E-state index in [1.807, 2.05) is 18.9 Å². The Morgan fingerprint density at radius 1 is 1.36 bits per heavy atom. The van der Waals surface area contributed by atoms with Gasteiger partial charge in [-0.2, -0.15) is 0 Å². The maximum Gasteiger partial charge on any atom is 0.171 e. The number of anilines is 3. The highest BCUT2D eigenvalue weighted by molar-refractivity contribution is 5.72. The highest BCUT2D eigenvalue weighted by atomic mass is 15.5. The van der Waals surface area contributed by atoms with Crippen LogP contribution in [0.15, 0.2) is 6.33 Å². The Morgan fingerprint density at radius 2 is 2.00 bits per heavy atom. The van der Waals surface area contributed by atoms with Crippen molar-refractivity contribution in [2.24, 2.45) is 0 Å². The van der Waals surface area contributed by atoms with E-state index < -0.39 is 0 Å². The van der Waals surface area contributed by atoms with Crippen LogP contribution in [0.4, 0.5) is 17.3 Å². The first-order valence-corrected chi connectivity index (χ1v) is 4.40. The van der Waals surface area contributed by atoms with Crippen LogP contribution in [-0.4, -0.2) is 23.1 Å². The van der Waals surface area contributed by atoms with E-state index in [0.717, 1.165) is 0 Å². The summed E-state index contributed by atoms with van der Waals surface area (Å²) < 4.78 is 0. The van der Waals surface area contributed by atoms with Crippen molar-refractivity contribution in [1.82, 2.24) is 15.4 Å². The predicted octanol–water partition coefficient (Wildman–Crippen LogP) is -0.00980. The zero-order valence-electron chi connectivity index (χ0n) is 8.65. The van der Waals surface area contributed by atoms with Crippen LogP contribution in [0.25, 0.3) is 0 Å². The molecule has 0 radical (unpaired) electrons. The van der Waals surface area contributed by atoms with E-state index in [-0.39, 0.29) is 6.04 Å². The zero-order chi connectivity index (χ0) is 10.7. The smallest absolute Gasteiger partial charge is 0.171 e. The van der Waals surface area contributed by atoms with E-state index in [1.54, 1.807) is 7.05 Å². The summed E-state index contributed by atoms with van der Waals surface area (Å²) in [5.74, 6) is 0.908. The van der Waals surface area contributed by atoms with Crippen molar-refractivity contribution >= 4 is 17.3 Å². The molecule has 1 heterocycles. The van der Waals surface area contributed by atoms with E-state index in [4.69, 9.17) is 11.5 Å². The van der Waals surface area contributed by atoms with Crippen LogP contribution >= 0.6 is 0 Å². The first-order valence-electron chi connectivity index (χ1n) is 4.40. The minimum atomic E-state index is 0.233. The van der Waals surface area contributed by atoms with Gasteiger partial charge in [0.2, 0.25) is 0 Å². The van der Waals surface area contributed by atoms with Crippen molar-refractivity contribution in [3.05, 3.63) is 6.33 Å². The van der Waals surface area contributed by atoms with Gasteiger partial charge in [0.05, 0.1) is 0 Å². The summed E-state index contributed by atoms with van der Waals surface area (Å²) in [7, 11) is 1.80. The molecule has 1 rings (SSSR count). The molecule has 78 valence electrons. The maximum absolute atomic E-state index is 5.77. The number of aromatic nitrogens is 2. The summed E-state index contributed by atoms with van der Waals surface area (Å²) >= 11 is 0. The van der Waals surface area contributed by atoms with Crippen LogP contribution in [0.5, 0.6) is 0 Å². The second kappa shape index (κ2) is 4.10. The molecule has 14 heavy (non-hydrogen) atoms. The molecule has 0 aliphatic carbocycles. The van der Waals surface area contributed by atoms with Crippen LogP contribution in [0.3, 0.4) is 0 Å². The van der Waals surface area contributed by atoms with Gasteiger partial charge >= 0.3 is 0 Å². The van der Waals surface area contributed by atoms with Crippen LogP contribution in [0.2, 0.25) is 0 Å². The van der Waals surface area contributed by atoms with E-state index in [9.17, 15) is 0 Å². The van der Waals surface area contributed by atoms with Gasteiger partial charge in [-0.25, -0.2) is 15.4 Å². The minimum Gasteiger partial charge on any atom is -0.393 e. The highest BCUT2D eigenvalue weighted by Crippen LogP contribution is 2.23. The molecule has 6 nitrogen and oxygen atoms in total. The second-order valence-corrected chi connectivity index (χ2v) is 3.18. The van der Waals surface area contributed by atoms with Crippen molar-refractivity contribution in [3.63, 3.8) is 0 Å². The highest BCUT2D eigenvalue weighted by Gasteiger charge is 2.14. The molecule has 0 saturated heterocycles. The van der Waals surface area contributed by atoms with Crippen LogP contribution in [0.1, 0.15) is 13.8 Å². The third kappa shape index (κ3) is 1.85. The van der Waals surface area contributed by atoms with Gasteiger partial charge in [0.25, 0.3) is 0 Å². The molecule has 0 fully saturated rings. The molecule has 1 aromatic heterocycles. The van der Waals surface area contributed by atoms with Crippen molar-refractivity contribution in [2.45, 2.75) is 19.9 Å². The molecule has 0 amide bonds. The monoisotopic (exact) mass is 196 g/mol. The number of hydrogen-bond acceptors (Lipinski definition) is 6. The Bertz CT molecular complexity index is 311. The Morgan fingerprint density at radius 3 is 2.50 bits per heavy atom. The number of nitrogens with zero attached hydrogens (tertiary/aromatic N) is 3. The molecule has 0 unspecified atom stereocenters. The molecule has 0 aliphatic rings. The lowest BCUT2D eigenvalue weighted by atomic mass is 10.3. The van der Waals surface area contributed by atoms with Crippen LogP contribution < -0.4 is 21.9 Å². The lowest BCUT2D eigenvalue weighted by molar-refractivity contribution is 0.607. The van der Waals surface area contributed by atoms with Gasteiger partial charge in [-0.3, -0.25) is 5.01 Å². The Hall–Kier alpha value is -1.56. The SMILES string of the molecule is CNN(c1ncnc(N)c1N)C(C)C. The summed E-state index contributed by atoms with van der Waals surface area (Å²) in [6.45, 7) is 4.04. The van der Waals surface area contributed by atoms with Gasteiger partial charge in [0, 0.05) is 13.1 Å². The summed E-state index contributed by atoms with van der Waals surface area (Å²) in [6, 6.07) is 0.233. The predicted molar refractivity (Wildman–Crippen MR) is 57.5 cm³/mol. The third-order valence-corrected chi connectivity index (χ3v) is 1.88. The number of nitrogens with one attached hydrogen (secondary N) is 1. The normalized spacial score (nSPS) is 10.6. The number of hydrazine groups is 1. The average Bonchev–Trinajstić information content (AvgIpc) is 2.13. The number of nitrogens with two attached hydrogens (primary N) is 2. The summed E-state index contributed by atoms with van der Waals surface area (Å²) in [5.41, 5.74) is 14.7. The fourth-order valence-electron chi connectivity index (χ4n) is 1.20. The molecule has 0 aliphatic heterocycles. The Labute approximate surface area is 83.3 Å². The van der Waals surface area contributed by atoms with Crippen molar-refractivity contribution in [2.75, 3.05) is 23.5 Å². The molecular weight excluding hydrogens is 180 g/mol. The van der Waals surface area contributed by atoms with E-state index >= 15 is 0 Å².